The maximum Gasteiger partial charge on any atom is 0.338 e. The number of nitrogens with two attached hydrogens (primary N) is 1. The molecule has 2 rings (SSSR count). The van der Waals surface area contributed by atoms with Crippen molar-refractivity contribution in [3.63, 3.8) is 0 Å². The fourth-order valence-electron chi connectivity index (χ4n) is 1.88. The van der Waals surface area contributed by atoms with Crippen LogP contribution in [0.5, 0.6) is 0 Å². The van der Waals surface area contributed by atoms with Crippen molar-refractivity contribution in [2.75, 3.05) is 5.32 Å². The Labute approximate surface area is 130 Å². The number of aromatic carboxylic acids is 1. The Bertz CT molecular complexity index is 747. The third-order valence-corrected chi connectivity index (χ3v) is 3.04. The van der Waals surface area contributed by atoms with E-state index in [0.29, 0.717) is 6.54 Å². The molecule has 0 aromatic carbocycles. The molecule has 0 aliphatic heterocycles. The maximum atomic E-state index is 11.9. The second-order valence-corrected chi connectivity index (χ2v) is 4.71. The van der Waals surface area contributed by atoms with E-state index in [1.165, 1.54) is 28.0 Å². The number of carboxylic acids is 1. The van der Waals surface area contributed by atoms with Crippen LogP contribution in [0.2, 0.25) is 0 Å². The number of aromatic nitrogens is 4. The average molecular weight is 320 g/mol. The Balaban J connectivity index is 1.98. The summed E-state index contributed by atoms with van der Waals surface area (Å²) in [6.07, 6.45) is 4.11. The van der Waals surface area contributed by atoms with Gasteiger partial charge in [-0.1, -0.05) is 0 Å². The van der Waals surface area contributed by atoms with Gasteiger partial charge in [-0.15, -0.1) is 0 Å². The van der Waals surface area contributed by atoms with Gasteiger partial charge in [-0.25, -0.2) is 4.79 Å². The molecule has 0 saturated heterocycles. The molecule has 10 nitrogen and oxygen atoms in total. The topological polar surface area (TPSA) is 145 Å². The highest BCUT2D eigenvalue weighted by atomic mass is 16.4. The molecule has 23 heavy (non-hydrogen) atoms. The van der Waals surface area contributed by atoms with Gasteiger partial charge in [0.15, 0.2) is 5.69 Å². The Morgan fingerprint density at radius 1 is 1.30 bits per heavy atom. The highest BCUT2D eigenvalue weighted by molar-refractivity contribution is 6.01. The van der Waals surface area contributed by atoms with Crippen LogP contribution >= 0.6 is 0 Å². The normalized spacial score (nSPS) is 10.5. The minimum atomic E-state index is -1.08. The van der Waals surface area contributed by atoms with Gasteiger partial charge in [0.25, 0.3) is 5.91 Å². The van der Waals surface area contributed by atoms with Crippen LogP contribution < -0.4 is 11.1 Å². The SMILES string of the molecule is CCn1cc(NC(=O)CCn2cc(C(=O)O)cn2)c(C(N)=O)n1. The number of hydrogen-bond acceptors (Lipinski definition) is 5. The first kappa shape index (κ1) is 16.2. The number of hydrogen-bond donors (Lipinski definition) is 3. The second-order valence-electron chi connectivity index (χ2n) is 4.71. The molecule has 0 aliphatic carbocycles. The molecule has 2 amide bonds. The fraction of sp³-hybridized carbons (Fsp3) is 0.308. The van der Waals surface area contributed by atoms with Gasteiger partial charge < -0.3 is 16.2 Å². The van der Waals surface area contributed by atoms with Crippen LogP contribution in [-0.2, 0) is 17.9 Å². The molecule has 4 N–H and O–H groups in total. The van der Waals surface area contributed by atoms with Gasteiger partial charge in [-0.3, -0.25) is 19.0 Å². The number of carboxylic acid groups (broad SMARTS) is 1. The van der Waals surface area contributed by atoms with E-state index in [1.54, 1.807) is 0 Å². The average Bonchev–Trinajstić information content (AvgIpc) is 3.11. The standard InChI is InChI=1S/C13H16N6O4/c1-2-18-7-9(11(17-18)12(14)21)16-10(20)3-4-19-6-8(5-15-19)13(22)23/h5-7H,2-4H2,1H3,(H2,14,21)(H,16,20)(H,22,23). The van der Waals surface area contributed by atoms with Crippen molar-refractivity contribution in [3.8, 4) is 0 Å². The largest absolute Gasteiger partial charge is 0.478 e. The number of nitrogens with one attached hydrogen (secondary N) is 1. The molecule has 0 spiro atoms. The Hall–Kier alpha value is -3.17. The van der Waals surface area contributed by atoms with Crippen LogP contribution in [0.3, 0.4) is 0 Å². The Kier molecular flexibility index (Phi) is 4.74. The fourth-order valence-corrected chi connectivity index (χ4v) is 1.88. The molecule has 0 unspecified atom stereocenters. The zero-order valence-corrected chi connectivity index (χ0v) is 12.4. The molecule has 0 aliphatic rings. The molecule has 0 atom stereocenters. The lowest BCUT2D eigenvalue weighted by atomic mass is 10.3. The van der Waals surface area contributed by atoms with Gasteiger partial charge in [0.05, 0.1) is 17.4 Å². The molecule has 2 aromatic heterocycles. The van der Waals surface area contributed by atoms with Crippen LogP contribution in [0.15, 0.2) is 18.6 Å². The minimum absolute atomic E-state index is 0.00699. The number of carbonyl (C=O) groups is 3. The van der Waals surface area contributed by atoms with Crippen molar-refractivity contribution in [3.05, 3.63) is 29.8 Å². The van der Waals surface area contributed by atoms with Gasteiger partial charge in [0, 0.05) is 31.9 Å². The van der Waals surface area contributed by atoms with Crippen molar-refractivity contribution in [1.82, 2.24) is 19.6 Å². The first-order chi connectivity index (χ1) is 10.9. The Morgan fingerprint density at radius 2 is 2.04 bits per heavy atom. The number of primary amides is 1. The summed E-state index contributed by atoms with van der Waals surface area (Å²) in [7, 11) is 0. The third kappa shape index (κ3) is 3.93. The molecule has 10 heteroatoms. The summed E-state index contributed by atoms with van der Waals surface area (Å²) < 4.78 is 2.84. The van der Waals surface area contributed by atoms with Crippen molar-refractivity contribution in [2.45, 2.75) is 26.4 Å². The molecule has 122 valence electrons. The van der Waals surface area contributed by atoms with E-state index in [2.05, 4.69) is 15.5 Å². The summed E-state index contributed by atoms with van der Waals surface area (Å²) in [5.41, 5.74) is 5.50. The van der Waals surface area contributed by atoms with E-state index in [0.717, 1.165) is 0 Å². The van der Waals surface area contributed by atoms with Crippen molar-refractivity contribution < 1.29 is 19.5 Å². The molecule has 0 bridgehead atoms. The van der Waals surface area contributed by atoms with Crippen molar-refractivity contribution in [2.24, 2.45) is 5.73 Å². The predicted octanol–water partition coefficient (Wildman–Crippen LogP) is -0.0746. The van der Waals surface area contributed by atoms with Gasteiger partial charge in [0.1, 0.15) is 0 Å². The van der Waals surface area contributed by atoms with Gasteiger partial charge in [-0.2, -0.15) is 10.2 Å². The number of carbonyl (C=O) groups excluding carboxylic acids is 2. The molecule has 0 radical (unpaired) electrons. The first-order valence-electron chi connectivity index (χ1n) is 6.83. The van der Waals surface area contributed by atoms with E-state index in [1.807, 2.05) is 6.92 Å². The molecule has 2 heterocycles. The van der Waals surface area contributed by atoms with Crippen molar-refractivity contribution >= 4 is 23.5 Å². The number of anilines is 1. The zero-order chi connectivity index (χ0) is 17.0. The van der Waals surface area contributed by atoms with Crippen LogP contribution in [0.1, 0.15) is 34.2 Å². The van der Waals surface area contributed by atoms with Crippen LogP contribution in [0.25, 0.3) is 0 Å². The van der Waals surface area contributed by atoms with Crippen LogP contribution in [-0.4, -0.2) is 42.5 Å². The smallest absolute Gasteiger partial charge is 0.338 e. The molecular weight excluding hydrogens is 304 g/mol. The summed E-state index contributed by atoms with van der Waals surface area (Å²) in [6.45, 7) is 2.56. The number of aryl methyl sites for hydroxylation is 2. The third-order valence-electron chi connectivity index (χ3n) is 3.04. The van der Waals surface area contributed by atoms with E-state index >= 15 is 0 Å². The Morgan fingerprint density at radius 3 is 2.61 bits per heavy atom. The lowest BCUT2D eigenvalue weighted by molar-refractivity contribution is -0.116. The minimum Gasteiger partial charge on any atom is -0.478 e. The number of nitrogens with zero attached hydrogens (tertiary/aromatic N) is 4. The molecule has 0 saturated carbocycles. The maximum absolute atomic E-state index is 11.9. The van der Waals surface area contributed by atoms with Crippen LogP contribution in [0, 0.1) is 0 Å². The zero-order valence-electron chi connectivity index (χ0n) is 12.4. The summed E-state index contributed by atoms with van der Waals surface area (Å²) in [4.78, 5) is 34.0. The van der Waals surface area contributed by atoms with E-state index in [-0.39, 0.29) is 35.8 Å². The van der Waals surface area contributed by atoms with Crippen LogP contribution in [0.4, 0.5) is 5.69 Å². The monoisotopic (exact) mass is 320 g/mol. The number of amides is 2. The molecular formula is C13H16N6O4. The van der Waals surface area contributed by atoms with Gasteiger partial charge in [0.2, 0.25) is 5.91 Å². The summed E-state index contributed by atoms with van der Waals surface area (Å²) >= 11 is 0. The highest BCUT2D eigenvalue weighted by Gasteiger charge is 2.16. The highest BCUT2D eigenvalue weighted by Crippen LogP contribution is 2.13. The summed E-state index contributed by atoms with van der Waals surface area (Å²) in [5.74, 6) is -2.18. The summed E-state index contributed by atoms with van der Waals surface area (Å²) in [5, 5.41) is 19.2. The first-order valence-corrected chi connectivity index (χ1v) is 6.83. The molecule has 0 fully saturated rings. The van der Waals surface area contributed by atoms with E-state index in [9.17, 15) is 14.4 Å². The summed E-state index contributed by atoms with van der Waals surface area (Å²) in [6, 6.07) is 0. The van der Waals surface area contributed by atoms with E-state index < -0.39 is 11.9 Å². The quantitative estimate of drug-likeness (QED) is 0.651. The van der Waals surface area contributed by atoms with E-state index in [4.69, 9.17) is 10.8 Å². The predicted molar refractivity (Wildman–Crippen MR) is 78.9 cm³/mol. The van der Waals surface area contributed by atoms with Crippen molar-refractivity contribution in [1.29, 1.82) is 0 Å². The lowest BCUT2D eigenvalue weighted by Gasteiger charge is -2.04. The number of rotatable bonds is 7. The van der Waals surface area contributed by atoms with Gasteiger partial charge in [-0.05, 0) is 6.92 Å². The lowest BCUT2D eigenvalue weighted by Crippen LogP contribution is -2.19. The molecule has 2 aromatic rings. The van der Waals surface area contributed by atoms with Gasteiger partial charge >= 0.3 is 5.97 Å². The second kappa shape index (κ2) is 6.73.